The third-order valence-corrected chi connectivity index (χ3v) is 2.91. The molecule has 0 saturated heterocycles. The Morgan fingerprint density at radius 1 is 1.44 bits per heavy atom. The summed E-state index contributed by atoms with van der Waals surface area (Å²) in [7, 11) is -3.67. The Kier molecular flexibility index (Phi) is 4.11. The molecule has 0 heterocycles. The molecule has 0 aromatic heterocycles. The molecule has 0 saturated carbocycles. The molecule has 0 aliphatic rings. The van der Waals surface area contributed by atoms with Crippen LogP contribution in [0.3, 0.4) is 0 Å². The van der Waals surface area contributed by atoms with E-state index in [4.69, 9.17) is 5.73 Å². The number of anilines is 1. The molecule has 6 nitrogen and oxygen atoms in total. The quantitative estimate of drug-likeness (QED) is 0.544. The van der Waals surface area contributed by atoms with Crippen LogP contribution in [0.2, 0.25) is 0 Å². The second-order valence-corrected chi connectivity index (χ2v) is 4.81. The Bertz CT molecular complexity index is 459. The Hall–Kier alpha value is -1.31. The predicted octanol–water partition coefficient (Wildman–Crippen LogP) is -0.0944. The minimum absolute atomic E-state index is 0.113. The van der Waals surface area contributed by atoms with Crippen LogP contribution in [0.1, 0.15) is 5.56 Å². The highest BCUT2D eigenvalue weighted by Crippen LogP contribution is 2.24. The Balaban J connectivity index is 2.80. The van der Waals surface area contributed by atoms with Crippen LogP contribution in [0.5, 0.6) is 5.75 Å². The fraction of sp³-hybridized carbons (Fsp3) is 0.333. The van der Waals surface area contributed by atoms with Crippen LogP contribution in [0.25, 0.3) is 0 Å². The van der Waals surface area contributed by atoms with Crippen molar-refractivity contribution in [3.8, 4) is 5.75 Å². The first-order valence-electron chi connectivity index (χ1n) is 4.72. The summed E-state index contributed by atoms with van der Waals surface area (Å²) < 4.78 is 27.2. The Morgan fingerprint density at radius 2 is 2.12 bits per heavy atom. The molecule has 1 aromatic carbocycles. The minimum atomic E-state index is -3.67. The average molecular weight is 245 g/mol. The van der Waals surface area contributed by atoms with Crippen molar-refractivity contribution in [1.29, 1.82) is 0 Å². The second-order valence-electron chi connectivity index (χ2n) is 3.31. The van der Waals surface area contributed by atoms with E-state index in [1.165, 1.54) is 12.1 Å². The van der Waals surface area contributed by atoms with Crippen molar-refractivity contribution in [2.45, 2.75) is 6.92 Å². The standard InChI is InChI=1S/C9H15N3O3S/c1-7-2-3-8(9(13)6-7)12-16(14,15)11-5-4-10/h2-3,6,11-13H,4-5,10H2,1H3. The average Bonchev–Trinajstić information content (AvgIpc) is 2.19. The molecule has 5 N–H and O–H groups in total. The van der Waals surface area contributed by atoms with Crippen LogP contribution in [-0.4, -0.2) is 26.6 Å². The molecule has 1 rings (SSSR count). The van der Waals surface area contributed by atoms with Gasteiger partial charge in [0.05, 0.1) is 5.69 Å². The summed E-state index contributed by atoms with van der Waals surface area (Å²) in [5.74, 6) is -0.113. The van der Waals surface area contributed by atoms with E-state index in [-0.39, 0.29) is 24.5 Å². The molecular weight excluding hydrogens is 230 g/mol. The van der Waals surface area contributed by atoms with Crippen molar-refractivity contribution in [2.75, 3.05) is 17.8 Å². The maximum atomic E-state index is 11.4. The van der Waals surface area contributed by atoms with Crippen molar-refractivity contribution in [1.82, 2.24) is 4.72 Å². The monoisotopic (exact) mass is 245 g/mol. The molecule has 0 spiro atoms. The Labute approximate surface area is 94.7 Å². The fourth-order valence-corrected chi connectivity index (χ4v) is 2.02. The minimum Gasteiger partial charge on any atom is -0.506 e. The maximum absolute atomic E-state index is 11.4. The van der Waals surface area contributed by atoms with Crippen LogP contribution in [0.4, 0.5) is 5.69 Å². The van der Waals surface area contributed by atoms with Crippen LogP contribution >= 0.6 is 0 Å². The smallest absolute Gasteiger partial charge is 0.299 e. The lowest BCUT2D eigenvalue weighted by atomic mass is 10.2. The summed E-state index contributed by atoms with van der Waals surface area (Å²) in [5.41, 5.74) is 6.15. The normalized spacial score (nSPS) is 11.4. The van der Waals surface area contributed by atoms with Crippen molar-refractivity contribution >= 4 is 15.9 Å². The zero-order chi connectivity index (χ0) is 12.2. The zero-order valence-electron chi connectivity index (χ0n) is 8.90. The first kappa shape index (κ1) is 12.8. The molecule has 0 atom stereocenters. The molecule has 0 radical (unpaired) electrons. The molecule has 0 bridgehead atoms. The number of rotatable bonds is 5. The molecule has 16 heavy (non-hydrogen) atoms. The third kappa shape index (κ3) is 3.69. The van der Waals surface area contributed by atoms with E-state index in [2.05, 4.69) is 9.44 Å². The van der Waals surface area contributed by atoms with Gasteiger partial charge in [0.15, 0.2) is 0 Å². The van der Waals surface area contributed by atoms with Crippen molar-refractivity contribution in [3.05, 3.63) is 23.8 Å². The summed E-state index contributed by atoms with van der Waals surface area (Å²) in [4.78, 5) is 0. The van der Waals surface area contributed by atoms with E-state index >= 15 is 0 Å². The highest BCUT2D eigenvalue weighted by molar-refractivity contribution is 7.90. The van der Waals surface area contributed by atoms with E-state index in [1.807, 2.05) is 0 Å². The van der Waals surface area contributed by atoms with Crippen molar-refractivity contribution in [2.24, 2.45) is 5.73 Å². The number of nitrogens with one attached hydrogen (secondary N) is 2. The topological polar surface area (TPSA) is 104 Å². The first-order valence-corrected chi connectivity index (χ1v) is 6.20. The first-order chi connectivity index (χ1) is 7.44. The molecule has 0 fully saturated rings. The SMILES string of the molecule is Cc1ccc(NS(=O)(=O)NCCN)c(O)c1. The van der Waals surface area contributed by atoms with Gasteiger partial charge in [-0.25, -0.2) is 0 Å². The summed E-state index contributed by atoms with van der Waals surface area (Å²) >= 11 is 0. The second kappa shape index (κ2) is 5.15. The van der Waals surface area contributed by atoms with Crippen molar-refractivity contribution < 1.29 is 13.5 Å². The van der Waals surface area contributed by atoms with Gasteiger partial charge >= 0.3 is 0 Å². The van der Waals surface area contributed by atoms with Crippen LogP contribution < -0.4 is 15.2 Å². The lowest BCUT2D eigenvalue weighted by molar-refractivity contribution is 0.477. The molecular formula is C9H15N3O3S. The Morgan fingerprint density at radius 3 is 2.69 bits per heavy atom. The molecule has 0 amide bonds. The number of phenols is 1. The van der Waals surface area contributed by atoms with E-state index in [0.717, 1.165) is 5.56 Å². The summed E-state index contributed by atoms with van der Waals surface area (Å²) in [6, 6.07) is 4.66. The lowest BCUT2D eigenvalue weighted by Gasteiger charge is -2.10. The molecule has 90 valence electrons. The highest BCUT2D eigenvalue weighted by atomic mass is 32.2. The third-order valence-electron chi connectivity index (χ3n) is 1.83. The largest absolute Gasteiger partial charge is 0.506 e. The van der Waals surface area contributed by atoms with Gasteiger partial charge in [0, 0.05) is 13.1 Å². The number of phenolic OH excluding ortho intramolecular Hbond substituents is 1. The summed E-state index contributed by atoms with van der Waals surface area (Å²) in [5, 5.41) is 9.50. The van der Waals surface area contributed by atoms with Crippen LogP contribution in [-0.2, 0) is 10.2 Å². The number of hydrogen-bond donors (Lipinski definition) is 4. The number of hydrogen-bond acceptors (Lipinski definition) is 4. The van der Waals surface area contributed by atoms with Gasteiger partial charge in [0.25, 0.3) is 10.2 Å². The van der Waals surface area contributed by atoms with Crippen molar-refractivity contribution in [3.63, 3.8) is 0 Å². The summed E-state index contributed by atoms with van der Waals surface area (Å²) in [6.45, 7) is 2.15. The van der Waals surface area contributed by atoms with E-state index < -0.39 is 10.2 Å². The lowest BCUT2D eigenvalue weighted by Crippen LogP contribution is -2.33. The van der Waals surface area contributed by atoms with Gasteiger partial charge < -0.3 is 10.8 Å². The van der Waals surface area contributed by atoms with E-state index in [1.54, 1.807) is 13.0 Å². The number of benzene rings is 1. The van der Waals surface area contributed by atoms with Gasteiger partial charge in [-0.1, -0.05) is 6.07 Å². The highest BCUT2D eigenvalue weighted by Gasteiger charge is 2.11. The fourth-order valence-electron chi connectivity index (χ4n) is 1.10. The maximum Gasteiger partial charge on any atom is 0.299 e. The molecule has 0 unspecified atom stereocenters. The van der Waals surface area contributed by atoms with Gasteiger partial charge in [-0.05, 0) is 24.6 Å². The predicted molar refractivity (Wildman–Crippen MR) is 62.4 cm³/mol. The molecule has 0 aliphatic heterocycles. The van der Waals surface area contributed by atoms with Crippen LogP contribution in [0.15, 0.2) is 18.2 Å². The molecule has 1 aromatic rings. The molecule has 0 aliphatic carbocycles. The number of aryl methyl sites for hydroxylation is 1. The van der Waals surface area contributed by atoms with E-state index in [9.17, 15) is 13.5 Å². The van der Waals surface area contributed by atoms with E-state index in [0.29, 0.717) is 0 Å². The van der Waals surface area contributed by atoms with Gasteiger partial charge in [0.2, 0.25) is 0 Å². The van der Waals surface area contributed by atoms with Gasteiger partial charge in [-0.15, -0.1) is 0 Å². The zero-order valence-corrected chi connectivity index (χ0v) is 9.71. The van der Waals surface area contributed by atoms with Crippen LogP contribution in [0, 0.1) is 6.92 Å². The van der Waals surface area contributed by atoms with Gasteiger partial charge in [-0.2, -0.15) is 13.1 Å². The molecule has 7 heteroatoms. The number of aromatic hydroxyl groups is 1. The number of nitrogens with two attached hydrogens (primary N) is 1. The summed E-state index contributed by atoms with van der Waals surface area (Å²) in [6.07, 6.45) is 0. The van der Waals surface area contributed by atoms with Gasteiger partial charge in [0.1, 0.15) is 5.75 Å². The van der Waals surface area contributed by atoms with Gasteiger partial charge in [-0.3, -0.25) is 4.72 Å².